The average molecular weight is 255 g/mol. The lowest BCUT2D eigenvalue weighted by Crippen LogP contribution is -2.45. The van der Waals surface area contributed by atoms with Gasteiger partial charge in [0.1, 0.15) is 0 Å². The van der Waals surface area contributed by atoms with Gasteiger partial charge in [-0.2, -0.15) is 0 Å². The van der Waals surface area contributed by atoms with E-state index in [2.05, 4.69) is 4.98 Å². The molecule has 1 aliphatic carbocycles. The number of halogens is 1. The standard InChI is InChI=1S/C12H15ClN2O2/c13-11-8-14-5-4-10(11)12(17)15(6-7-16)9-2-1-3-9/h4-5,8-9,16H,1-3,6-7H2. The van der Waals surface area contributed by atoms with E-state index in [4.69, 9.17) is 16.7 Å². The van der Waals surface area contributed by atoms with Crippen molar-refractivity contribution in [1.82, 2.24) is 9.88 Å². The number of pyridine rings is 1. The number of aliphatic hydroxyl groups is 1. The number of nitrogens with zero attached hydrogens (tertiary/aromatic N) is 2. The zero-order valence-corrected chi connectivity index (χ0v) is 10.2. The molecule has 0 unspecified atom stereocenters. The minimum Gasteiger partial charge on any atom is -0.395 e. The number of aliphatic hydroxyl groups excluding tert-OH is 1. The Morgan fingerprint density at radius 1 is 1.59 bits per heavy atom. The second kappa shape index (κ2) is 5.47. The summed E-state index contributed by atoms with van der Waals surface area (Å²) in [5, 5.41) is 9.39. The van der Waals surface area contributed by atoms with Crippen LogP contribution >= 0.6 is 11.6 Å². The number of hydrogen-bond acceptors (Lipinski definition) is 3. The van der Waals surface area contributed by atoms with Crippen molar-refractivity contribution in [2.75, 3.05) is 13.2 Å². The third kappa shape index (κ3) is 2.58. The molecule has 1 aromatic rings. The maximum absolute atomic E-state index is 12.3. The van der Waals surface area contributed by atoms with E-state index >= 15 is 0 Å². The Balaban J connectivity index is 2.18. The van der Waals surface area contributed by atoms with E-state index in [1.807, 2.05) is 0 Å². The maximum Gasteiger partial charge on any atom is 0.255 e. The molecule has 1 aromatic heterocycles. The highest BCUT2D eigenvalue weighted by atomic mass is 35.5. The summed E-state index contributed by atoms with van der Waals surface area (Å²) < 4.78 is 0. The van der Waals surface area contributed by atoms with E-state index < -0.39 is 0 Å². The molecule has 92 valence electrons. The fraction of sp³-hybridized carbons (Fsp3) is 0.500. The first-order chi connectivity index (χ1) is 8.24. The first kappa shape index (κ1) is 12.3. The van der Waals surface area contributed by atoms with Crippen molar-refractivity contribution in [3.63, 3.8) is 0 Å². The first-order valence-corrected chi connectivity index (χ1v) is 6.13. The van der Waals surface area contributed by atoms with Crippen molar-refractivity contribution in [3.05, 3.63) is 29.0 Å². The van der Waals surface area contributed by atoms with Gasteiger partial charge in [0, 0.05) is 25.0 Å². The van der Waals surface area contributed by atoms with Gasteiger partial charge >= 0.3 is 0 Å². The highest BCUT2D eigenvalue weighted by Crippen LogP contribution is 2.27. The van der Waals surface area contributed by atoms with Crippen LogP contribution < -0.4 is 0 Å². The molecule has 1 fully saturated rings. The molecule has 0 saturated heterocycles. The predicted octanol–water partition coefficient (Wildman–Crippen LogP) is 1.72. The van der Waals surface area contributed by atoms with E-state index in [-0.39, 0.29) is 18.6 Å². The SMILES string of the molecule is O=C(c1ccncc1Cl)N(CCO)C1CCC1. The van der Waals surface area contributed by atoms with E-state index in [1.165, 1.54) is 6.20 Å². The lowest BCUT2D eigenvalue weighted by molar-refractivity contribution is 0.0526. The van der Waals surface area contributed by atoms with Gasteiger partial charge in [-0.05, 0) is 25.3 Å². The van der Waals surface area contributed by atoms with Crippen LogP contribution in [0.25, 0.3) is 0 Å². The van der Waals surface area contributed by atoms with Crippen LogP contribution in [0.15, 0.2) is 18.5 Å². The van der Waals surface area contributed by atoms with Gasteiger partial charge in [-0.25, -0.2) is 0 Å². The van der Waals surface area contributed by atoms with Crippen molar-refractivity contribution in [2.45, 2.75) is 25.3 Å². The van der Waals surface area contributed by atoms with Gasteiger partial charge in [-0.3, -0.25) is 9.78 Å². The smallest absolute Gasteiger partial charge is 0.255 e. The summed E-state index contributed by atoms with van der Waals surface area (Å²) in [7, 11) is 0. The third-order valence-corrected chi connectivity index (χ3v) is 3.42. The van der Waals surface area contributed by atoms with Crippen LogP contribution in [-0.4, -0.2) is 40.1 Å². The molecule has 1 N–H and O–H groups in total. The van der Waals surface area contributed by atoms with E-state index in [0.717, 1.165) is 19.3 Å². The number of carbonyl (C=O) groups excluding carboxylic acids is 1. The van der Waals surface area contributed by atoms with Crippen LogP contribution in [0.3, 0.4) is 0 Å². The molecule has 0 spiro atoms. The summed E-state index contributed by atoms with van der Waals surface area (Å²) >= 11 is 5.96. The predicted molar refractivity (Wildman–Crippen MR) is 65.0 cm³/mol. The molecule has 0 radical (unpaired) electrons. The van der Waals surface area contributed by atoms with E-state index in [1.54, 1.807) is 17.2 Å². The van der Waals surface area contributed by atoms with Gasteiger partial charge in [0.25, 0.3) is 5.91 Å². The monoisotopic (exact) mass is 254 g/mol. The molecule has 4 nitrogen and oxygen atoms in total. The molecule has 1 heterocycles. The molecular formula is C12H15ClN2O2. The largest absolute Gasteiger partial charge is 0.395 e. The molecule has 5 heteroatoms. The molecule has 2 rings (SSSR count). The van der Waals surface area contributed by atoms with Gasteiger partial charge in [-0.15, -0.1) is 0 Å². The minimum absolute atomic E-state index is 0.0229. The fourth-order valence-electron chi connectivity index (χ4n) is 1.96. The molecule has 0 atom stereocenters. The van der Waals surface area contributed by atoms with Gasteiger partial charge in [0.05, 0.1) is 17.2 Å². The molecule has 1 amide bonds. The molecule has 0 bridgehead atoms. The number of rotatable bonds is 4. The lowest BCUT2D eigenvalue weighted by Gasteiger charge is -2.37. The summed E-state index contributed by atoms with van der Waals surface area (Å²) in [6, 6.07) is 1.87. The summed E-state index contributed by atoms with van der Waals surface area (Å²) in [6.45, 7) is 0.340. The van der Waals surface area contributed by atoms with Crippen LogP contribution in [0.2, 0.25) is 5.02 Å². The Hall–Kier alpha value is -1.13. The Bertz CT molecular complexity index is 407. The summed E-state index contributed by atoms with van der Waals surface area (Å²) in [4.78, 5) is 17.9. The van der Waals surface area contributed by atoms with Crippen molar-refractivity contribution < 1.29 is 9.90 Å². The second-order valence-electron chi connectivity index (χ2n) is 4.16. The average Bonchev–Trinajstić information content (AvgIpc) is 2.26. The summed E-state index contributed by atoms with van der Waals surface area (Å²) in [6.07, 6.45) is 6.18. The third-order valence-electron chi connectivity index (χ3n) is 3.12. The van der Waals surface area contributed by atoms with Crippen LogP contribution in [-0.2, 0) is 0 Å². The number of aromatic nitrogens is 1. The Morgan fingerprint density at radius 3 is 2.88 bits per heavy atom. The highest BCUT2D eigenvalue weighted by Gasteiger charge is 2.29. The summed E-state index contributed by atoms with van der Waals surface area (Å²) in [5.41, 5.74) is 0.460. The Morgan fingerprint density at radius 2 is 2.35 bits per heavy atom. The summed E-state index contributed by atoms with van der Waals surface area (Å²) in [5.74, 6) is -0.115. The van der Waals surface area contributed by atoms with Crippen molar-refractivity contribution in [3.8, 4) is 0 Å². The molecule has 0 aromatic carbocycles. The zero-order chi connectivity index (χ0) is 12.3. The molecule has 0 aliphatic heterocycles. The second-order valence-corrected chi connectivity index (χ2v) is 4.57. The molecular weight excluding hydrogens is 240 g/mol. The first-order valence-electron chi connectivity index (χ1n) is 5.75. The van der Waals surface area contributed by atoms with Crippen LogP contribution in [0.1, 0.15) is 29.6 Å². The maximum atomic E-state index is 12.3. The van der Waals surface area contributed by atoms with Crippen molar-refractivity contribution in [1.29, 1.82) is 0 Å². The zero-order valence-electron chi connectivity index (χ0n) is 9.47. The van der Waals surface area contributed by atoms with Gasteiger partial charge in [-0.1, -0.05) is 11.6 Å². The Kier molecular flexibility index (Phi) is 3.97. The molecule has 17 heavy (non-hydrogen) atoms. The van der Waals surface area contributed by atoms with Crippen LogP contribution in [0, 0.1) is 0 Å². The number of hydrogen-bond donors (Lipinski definition) is 1. The van der Waals surface area contributed by atoms with Crippen molar-refractivity contribution in [2.24, 2.45) is 0 Å². The van der Waals surface area contributed by atoms with Gasteiger partial charge < -0.3 is 10.0 Å². The fourth-order valence-corrected chi connectivity index (χ4v) is 2.16. The van der Waals surface area contributed by atoms with E-state index in [9.17, 15) is 4.79 Å². The number of carbonyl (C=O) groups is 1. The minimum atomic E-state index is -0.115. The van der Waals surface area contributed by atoms with Gasteiger partial charge in [0.15, 0.2) is 0 Å². The van der Waals surface area contributed by atoms with Crippen LogP contribution in [0.5, 0.6) is 0 Å². The normalized spacial score (nSPS) is 15.4. The van der Waals surface area contributed by atoms with Crippen molar-refractivity contribution >= 4 is 17.5 Å². The number of amides is 1. The topological polar surface area (TPSA) is 53.4 Å². The van der Waals surface area contributed by atoms with Crippen LogP contribution in [0.4, 0.5) is 0 Å². The Labute approximate surface area is 105 Å². The molecule has 1 aliphatic rings. The highest BCUT2D eigenvalue weighted by molar-refractivity contribution is 6.33. The lowest BCUT2D eigenvalue weighted by atomic mass is 9.91. The molecule has 1 saturated carbocycles. The quantitative estimate of drug-likeness (QED) is 0.890. The van der Waals surface area contributed by atoms with E-state index in [0.29, 0.717) is 17.1 Å². The van der Waals surface area contributed by atoms with Gasteiger partial charge in [0.2, 0.25) is 0 Å².